The van der Waals surface area contributed by atoms with E-state index in [2.05, 4.69) is 25.4 Å². The predicted octanol–water partition coefficient (Wildman–Crippen LogP) is 1.35. The van der Waals surface area contributed by atoms with Crippen LogP contribution in [0.2, 0.25) is 0 Å². The number of carbonyl (C=O) groups is 2. The molecule has 2 N–H and O–H groups in total. The minimum Gasteiger partial charge on any atom is -0.352 e. The van der Waals surface area contributed by atoms with Gasteiger partial charge in [-0.15, -0.1) is 0 Å². The zero-order chi connectivity index (χ0) is 21.5. The molecule has 2 fully saturated rings. The Labute approximate surface area is 179 Å². The summed E-state index contributed by atoms with van der Waals surface area (Å²) in [5, 5.41) is 6.23. The van der Waals surface area contributed by atoms with Gasteiger partial charge in [-0.25, -0.2) is 0 Å². The number of nitrogens with one attached hydrogen (secondary N) is 2. The Bertz CT molecular complexity index is 767. The Kier molecular flexibility index (Phi) is 7.68. The number of piperazine rings is 1. The highest BCUT2D eigenvalue weighted by Gasteiger charge is 2.30. The molecule has 0 bridgehead atoms. The molecule has 2 amide bonds. The first-order valence-electron chi connectivity index (χ1n) is 10.8. The third-order valence-electron chi connectivity index (χ3n) is 5.85. The van der Waals surface area contributed by atoms with Crippen molar-refractivity contribution in [3.05, 3.63) is 29.8 Å². The molecule has 1 aromatic carbocycles. The molecule has 164 valence electrons. The van der Waals surface area contributed by atoms with Gasteiger partial charge in [0.2, 0.25) is 11.8 Å². The first-order valence-corrected chi connectivity index (χ1v) is 10.8. The summed E-state index contributed by atoms with van der Waals surface area (Å²) in [4.78, 5) is 34.9. The second-order valence-corrected chi connectivity index (χ2v) is 8.01. The summed E-state index contributed by atoms with van der Waals surface area (Å²) in [5.74, 6) is 1.05. The highest BCUT2D eigenvalue weighted by molar-refractivity contribution is 5.88. The number of hydrogen-bond acceptors (Lipinski definition) is 4. The van der Waals surface area contributed by atoms with Crippen LogP contribution in [0, 0.1) is 0 Å². The lowest BCUT2D eigenvalue weighted by Gasteiger charge is -2.39. The number of benzene rings is 1. The second-order valence-electron chi connectivity index (χ2n) is 8.01. The molecule has 8 nitrogen and oxygen atoms in total. The molecule has 0 aromatic heterocycles. The molecule has 0 saturated carbocycles. The van der Waals surface area contributed by atoms with Crippen LogP contribution < -0.4 is 10.6 Å². The van der Waals surface area contributed by atoms with E-state index in [0.717, 1.165) is 69.3 Å². The van der Waals surface area contributed by atoms with E-state index in [1.165, 1.54) is 6.92 Å². The van der Waals surface area contributed by atoms with Crippen LogP contribution in [0.3, 0.4) is 0 Å². The van der Waals surface area contributed by atoms with E-state index < -0.39 is 0 Å². The number of anilines is 1. The van der Waals surface area contributed by atoms with Crippen LogP contribution in [0.4, 0.5) is 5.69 Å². The lowest BCUT2D eigenvalue weighted by atomic mass is 10.2. The zero-order valence-corrected chi connectivity index (χ0v) is 18.4. The Morgan fingerprint density at radius 3 is 2.40 bits per heavy atom. The minimum atomic E-state index is -0.0776. The number of rotatable bonds is 5. The van der Waals surface area contributed by atoms with E-state index >= 15 is 0 Å². The molecule has 0 radical (unpaired) electrons. The number of amides is 2. The molecule has 2 aliphatic heterocycles. The Balaban J connectivity index is 1.49. The standard InChI is InChI=1S/C22H34N6O2/c1-17(21(30)27-9-4-5-10-27)26-11-13-28(14-12-26)22(23-3)24-16-19-7-6-8-20(15-19)25-18(2)29/h6-8,15,17H,4-5,9-14,16H2,1-3H3,(H,23,24)(H,25,29). The highest BCUT2D eigenvalue weighted by Crippen LogP contribution is 2.14. The van der Waals surface area contributed by atoms with Gasteiger partial charge in [-0.3, -0.25) is 19.5 Å². The second kappa shape index (κ2) is 10.4. The molecule has 0 spiro atoms. The van der Waals surface area contributed by atoms with Gasteiger partial charge < -0.3 is 20.4 Å². The SMILES string of the molecule is CN=C(NCc1cccc(NC(C)=O)c1)N1CCN(C(C)C(=O)N2CCCC2)CC1. The Morgan fingerprint density at radius 2 is 1.77 bits per heavy atom. The Hall–Kier alpha value is -2.61. The van der Waals surface area contributed by atoms with E-state index in [-0.39, 0.29) is 17.9 Å². The quantitative estimate of drug-likeness (QED) is 0.562. The fourth-order valence-corrected chi connectivity index (χ4v) is 4.15. The topological polar surface area (TPSA) is 80.3 Å². The van der Waals surface area contributed by atoms with Crippen molar-refractivity contribution in [1.82, 2.24) is 20.0 Å². The predicted molar refractivity (Wildman–Crippen MR) is 119 cm³/mol. The van der Waals surface area contributed by atoms with Crippen LogP contribution in [0.1, 0.15) is 32.3 Å². The van der Waals surface area contributed by atoms with Gasteiger partial charge in [-0.05, 0) is 37.5 Å². The number of guanidine groups is 1. The summed E-state index contributed by atoms with van der Waals surface area (Å²) in [5.41, 5.74) is 1.87. The van der Waals surface area contributed by atoms with Crippen molar-refractivity contribution in [2.24, 2.45) is 4.99 Å². The average molecular weight is 415 g/mol. The summed E-state index contributed by atoms with van der Waals surface area (Å²) in [6, 6.07) is 7.74. The van der Waals surface area contributed by atoms with Gasteiger partial charge >= 0.3 is 0 Å². The average Bonchev–Trinajstić information content (AvgIpc) is 3.28. The van der Waals surface area contributed by atoms with E-state index in [1.807, 2.05) is 36.1 Å². The number of carbonyl (C=O) groups excluding carboxylic acids is 2. The van der Waals surface area contributed by atoms with Crippen molar-refractivity contribution in [1.29, 1.82) is 0 Å². The van der Waals surface area contributed by atoms with Crippen molar-refractivity contribution in [2.75, 3.05) is 51.6 Å². The largest absolute Gasteiger partial charge is 0.352 e. The molecular formula is C22H34N6O2. The van der Waals surface area contributed by atoms with Gasteiger partial charge in [0.25, 0.3) is 0 Å². The summed E-state index contributed by atoms with van der Waals surface area (Å²) in [6.07, 6.45) is 2.25. The Morgan fingerprint density at radius 1 is 1.07 bits per heavy atom. The van der Waals surface area contributed by atoms with Gasteiger partial charge in [0, 0.05) is 65.5 Å². The summed E-state index contributed by atoms with van der Waals surface area (Å²) in [7, 11) is 1.79. The van der Waals surface area contributed by atoms with Crippen LogP contribution in [0.25, 0.3) is 0 Å². The van der Waals surface area contributed by atoms with Gasteiger partial charge in [0.1, 0.15) is 0 Å². The van der Waals surface area contributed by atoms with Gasteiger partial charge in [0.05, 0.1) is 6.04 Å². The molecule has 30 heavy (non-hydrogen) atoms. The molecule has 8 heteroatoms. The molecule has 2 heterocycles. The van der Waals surface area contributed by atoms with Crippen molar-refractivity contribution in [2.45, 2.75) is 39.3 Å². The normalized spacial score (nSPS) is 19.0. The van der Waals surface area contributed by atoms with Crippen molar-refractivity contribution >= 4 is 23.5 Å². The highest BCUT2D eigenvalue weighted by atomic mass is 16.2. The molecule has 2 aliphatic rings. The maximum atomic E-state index is 12.7. The van der Waals surface area contributed by atoms with E-state index in [1.54, 1.807) is 7.05 Å². The number of hydrogen-bond donors (Lipinski definition) is 2. The van der Waals surface area contributed by atoms with Crippen LogP contribution >= 0.6 is 0 Å². The van der Waals surface area contributed by atoms with Crippen molar-refractivity contribution in [3.63, 3.8) is 0 Å². The molecular weight excluding hydrogens is 380 g/mol. The van der Waals surface area contributed by atoms with Crippen LogP contribution in [-0.4, -0.2) is 84.8 Å². The molecule has 2 saturated heterocycles. The van der Waals surface area contributed by atoms with Crippen LogP contribution in [0.15, 0.2) is 29.3 Å². The minimum absolute atomic E-state index is 0.0586. The monoisotopic (exact) mass is 414 g/mol. The maximum Gasteiger partial charge on any atom is 0.239 e. The van der Waals surface area contributed by atoms with E-state index in [0.29, 0.717) is 6.54 Å². The van der Waals surface area contributed by atoms with Crippen molar-refractivity contribution < 1.29 is 9.59 Å². The van der Waals surface area contributed by atoms with Crippen molar-refractivity contribution in [3.8, 4) is 0 Å². The van der Waals surface area contributed by atoms with Crippen LogP contribution in [-0.2, 0) is 16.1 Å². The first kappa shape index (κ1) is 22.1. The first-order chi connectivity index (χ1) is 14.5. The van der Waals surface area contributed by atoms with E-state index in [9.17, 15) is 9.59 Å². The molecule has 1 unspecified atom stereocenters. The summed E-state index contributed by atoms with van der Waals surface area (Å²) >= 11 is 0. The van der Waals surface area contributed by atoms with Gasteiger partial charge in [-0.1, -0.05) is 12.1 Å². The third kappa shape index (κ3) is 5.72. The number of aliphatic imine (C=N–C) groups is 1. The molecule has 3 rings (SSSR count). The lowest BCUT2D eigenvalue weighted by molar-refractivity contribution is -0.135. The van der Waals surface area contributed by atoms with Crippen LogP contribution in [0.5, 0.6) is 0 Å². The van der Waals surface area contributed by atoms with E-state index in [4.69, 9.17) is 0 Å². The molecule has 1 aromatic rings. The zero-order valence-electron chi connectivity index (χ0n) is 18.4. The fourth-order valence-electron chi connectivity index (χ4n) is 4.15. The maximum absolute atomic E-state index is 12.7. The number of nitrogens with zero attached hydrogens (tertiary/aromatic N) is 4. The van der Waals surface area contributed by atoms with Gasteiger partial charge in [0.15, 0.2) is 5.96 Å². The van der Waals surface area contributed by atoms with Gasteiger partial charge in [-0.2, -0.15) is 0 Å². The fraction of sp³-hybridized carbons (Fsp3) is 0.591. The smallest absolute Gasteiger partial charge is 0.239 e. The summed E-state index contributed by atoms with van der Waals surface area (Å²) < 4.78 is 0. The third-order valence-corrected chi connectivity index (χ3v) is 5.85. The number of likely N-dealkylation sites (tertiary alicyclic amines) is 1. The molecule has 1 atom stereocenters. The lowest BCUT2D eigenvalue weighted by Crippen LogP contribution is -2.57. The summed E-state index contributed by atoms with van der Waals surface area (Å²) in [6.45, 7) is 9.35. The molecule has 0 aliphatic carbocycles.